The Balaban J connectivity index is 2.42. The Morgan fingerprint density at radius 3 is 2.25 bits per heavy atom. The summed E-state index contributed by atoms with van der Waals surface area (Å²) < 4.78 is 10.6. The summed E-state index contributed by atoms with van der Waals surface area (Å²) >= 11 is 0. The van der Waals surface area contributed by atoms with Crippen molar-refractivity contribution in [1.29, 1.82) is 0 Å². The summed E-state index contributed by atoms with van der Waals surface area (Å²) in [6, 6.07) is 8.69. The van der Waals surface area contributed by atoms with E-state index >= 15 is 0 Å². The molecule has 0 unspecified atom stereocenters. The summed E-state index contributed by atoms with van der Waals surface area (Å²) in [5, 5.41) is 9.94. The van der Waals surface area contributed by atoms with E-state index in [1.54, 1.807) is 20.8 Å². The van der Waals surface area contributed by atoms with E-state index in [4.69, 9.17) is 9.47 Å². The molecule has 1 aliphatic carbocycles. The van der Waals surface area contributed by atoms with Crippen molar-refractivity contribution in [3.8, 4) is 0 Å². The van der Waals surface area contributed by atoms with Crippen LogP contribution in [0.1, 0.15) is 52.5 Å². The SMILES string of the molecule is COC(=O)[C@H](CC(C)C)N(C(=O)OC(C)(C)C)[C@@H]1[C@H](CO)[C@H]1c1ccccc1. The van der Waals surface area contributed by atoms with Gasteiger partial charge >= 0.3 is 12.1 Å². The fraction of sp³-hybridized carbons (Fsp3) is 0.636. The quantitative estimate of drug-likeness (QED) is 0.719. The van der Waals surface area contributed by atoms with Crippen molar-refractivity contribution >= 4 is 12.1 Å². The van der Waals surface area contributed by atoms with E-state index in [2.05, 4.69) is 0 Å². The molecule has 0 aliphatic heterocycles. The number of methoxy groups -OCH3 is 1. The van der Waals surface area contributed by atoms with Gasteiger partial charge in [-0.3, -0.25) is 4.90 Å². The first-order chi connectivity index (χ1) is 13.1. The van der Waals surface area contributed by atoms with Gasteiger partial charge in [-0.05, 0) is 38.7 Å². The van der Waals surface area contributed by atoms with Crippen molar-refractivity contribution < 1.29 is 24.2 Å². The topological polar surface area (TPSA) is 76.1 Å². The van der Waals surface area contributed by atoms with Crippen molar-refractivity contribution in [2.24, 2.45) is 11.8 Å². The normalized spacial score (nSPS) is 22.5. The van der Waals surface area contributed by atoms with Crippen molar-refractivity contribution in [2.75, 3.05) is 13.7 Å². The van der Waals surface area contributed by atoms with E-state index in [9.17, 15) is 14.7 Å². The summed E-state index contributed by atoms with van der Waals surface area (Å²) in [6.07, 6.45) is -0.0901. The molecule has 6 heteroatoms. The Labute approximate surface area is 167 Å². The smallest absolute Gasteiger partial charge is 0.411 e. The predicted octanol–water partition coefficient (Wildman–Crippen LogP) is 3.59. The third-order valence-electron chi connectivity index (χ3n) is 4.95. The minimum atomic E-state index is -0.757. The lowest BCUT2D eigenvalue weighted by molar-refractivity contribution is -0.148. The van der Waals surface area contributed by atoms with Gasteiger partial charge in [0.05, 0.1) is 7.11 Å². The number of aliphatic hydroxyl groups excluding tert-OH is 1. The van der Waals surface area contributed by atoms with Crippen LogP contribution in [-0.2, 0) is 14.3 Å². The molecule has 0 spiro atoms. The van der Waals surface area contributed by atoms with Crippen LogP contribution in [0.15, 0.2) is 30.3 Å². The van der Waals surface area contributed by atoms with Crippen molar-refractivity contribution in [2.45, 2.75) is 64.6 Å². The maximum Gasteiger partial charge on any atom is 0.411 e. The number of hydrogen-bond donors (Lipinski definition) is 1. The molecule has 1 aliphatic rings. The molecule has 0 radical (unpaired) electrons. The first-order valence-electron chi connectivity index (χ1n) is 9.85. The number of ether oxygens (including phenoxy) is 2. The average molecular weight is 392 g/mol. The standard InChI is InChI=1S/C22H33NO5/c1-14(2)12-17(20(25)27-6)23(21(26)28-22(3,4)5)19-16(13-24)18(19)15-10-8-7-9-11-15/h7-11,14,16-19,24H,12-13H2,1-6H3/t16-,17+,18-,19-/m1/s1. The monoisotopic (exact) mass is 391 g/mol. The van der Waals surface area contributed by atoms with Gasteiger partial charge in [0.15, 0.2) is 0 Å². The van der Waals surface area contributed by atoms with Gasteiger partial charge in [0.25, 0.3) is 0 Å². The zero-order chi connectivity index (χ0) is 21.1. The maximum atomic E-state index is 13.1. The number of carbonyl (C=O) groups is 2. The summed E-state index contributed by atoms with van der Waals surface area (Å²) in [7, 11) is 1.33. The van der Waals surface area contributed by atoms with Crippen LogP contribution in [0.4, 0.5) is 4.79 Å². The molecule has 2 rings (SSSR count). The second-order valence-corrected chi connectivity index (χ2v) is 8.83. The van der Waals surface area contributed by atoms with Gasteiger partial charge in [-0.1, -0.05) is 44.2 Å². The van der Waals surface area contributed by atoms with E-state index in [-0.39, 0.29) is 30.4 Å². The number of esters is 1. The molecule has 0 heterocycles. The molecule has 1 fully saturated rings. The van der Waals surface area contributed by atoms with Gasteiger partial charge in [-0.2, -0.15) is 0 Å². The Morgan fingerprint density at radius 2 is 1.79 bits per heavy atom. The number of benzene rings is 1. The van der Waals surface area contributed by atoms with Gasteiger partial charge in [-0.25, -0.2) is 9.59 Å². The highest BCUT2D eigenvalue weighted by molar-refractivity contribution is 5.82. The summed E-state index contributed by atoms with van der Waals surface area (Å²) in [5.74, 6) is -0.474. The van der Waals surface area contributed by atoms with Gasteiger partial charge in [0.2, 0.25) is 0 Å². The fourth-order valence-electron chi connectivity index (χ4n) is 3.75. The van der Waals surface area contributed by atoms with Crippen LogP contribution < -0.4 is 0 Å². The number of aliphatic hydroxyl groups is 1. The zero-order valence-electron chi connectivity index (χ0n) is 17.7. The van der Waals surface area contributed by atoms with E-state index in [1.807, 2.05) is 44.2 Å². The number of nitrogens with zero attached hydrogens (tertiary/aromatic N) is 1. The van der Waals surface area contributed by atoms with Gasteiger partial charge in [0, 0.05) is 24.5 Å². The number of amides is 1. The minimum Gasteiger partial charge on any atom is -0.467 e. The van der Waals surface area contributed by atoms with Crippen LogP contribution in [0.25, 0.3) is 0 Å². The lowest BCUT2D eigenvalue weighted by Gasteiger charge is -2.33. The molecule has 1 aromatic carbocycles. The molecule has 28 heavy (non-hydrogen) atoms. The van der Waals surface area contributed by atoms with Crippen LogP contribution in [0.5, 0.6) is 0 Å². The largest absolute Gasteiger partial charge is 0.467 e. The number of rotatable bonds is 7. The number of hydrogen-bond acceptors (Lipinski definition) is 5. The van der Waals surface area contributed by atoms with E-state index in [0.717, 1.165) is 5.56 Å². The Bertz CT molecular complexity index is 667. The first-order valence-corrected chi connectivity index (χ1v) is 9.85. The van der Waals surface area contributed by atoms with Crippen LogP contribution in [-0.4, -0.2) is 53.5 Å². The van der Waals surface area contributed by atoms with Gasteiger partial charge in [-0.15, -0.1) is 0 Å². The number of carbonyl (C=O) groups excluding carboxylic acids is 2. The molecular weight excluding hydrogens is 358 g/mol. The van der Waals surface area contributed by atoms with E-state index < -0.39 is 23.7 Å². The van der Waals surface area contributed by atoms with Crippen molar-refractivity contribution in [1.82, 2.24) is 4.90 Å². The molecule has 0 saturated heterocycles. The van der Waals surface area contributed by atoms with Crippen molar-refractivity contribution in [3.05, 3.63) is 35.9 Å². The second-order valence-electron chi connectivity index (χ2n) is 8.83. The Kier molecular flexibility index (Phi) is 7.10. The summed E-state index contributed by atoms with van der Waals surface area (Å²) in [4.78, 5) is 27.2. The Morgan fingerprint density at radius 1 is 1.18 bits per heavy atom. The lowest BCUT2D eigenvalue weighted by atomic mass is 10.0. The van der Waals surface area contributed by atoms with Gasteiger partial charge < -0.3 is 14.6 Å². The highest BCUT2D eigenvalue weighted by atomic mass is 16.6. The molecule has 1 N–H and O–H groups in total. The Hall–Kier alpha value is -2.08. The molecule has 0 bridgehead atoms. The second kappa shape index (κ2) is 8.95. The molecule has 4 atom stereocenters. The van der Waals surface area contributed by atoms with Crippen LogP contribution in [0.3, 0.4) is 0 Å². The fourth-order valence-corrected chi connectivity index (χ4v) is 3.75. The maximum absolute atomic E-state index is 13.1. The van der Waals surface area contributed by atoms with Crippen LogP contribution >= 0.6 is 0 Å². The summed E-state index contributed by atoms with van der Waals surface area (Å²) in [6.45, 7) is 9.30. The molecule has 0 aromatic heterocycles. The molecule has 1 saturated carbocycles. The molecule has 1 amide bonds. The van der Waals surface area contributed by atoms with Crippen molar-refractivity contribution in [3.63, 3.8) is 0 Å². The third kappa shape index (κ3) is 5.25. The van der Waals surface area contributed by atoms with E-state index in [1.165, 1.54) is 12.0 Å². The third-order valence-corrected chi connectivity index (χ3v) is 4.95. The predicted molar refractivity (Wildman–Crippen MR) is 107 cm³/mol. The molecule has 156 valence electrons. The highest BCUT2D eigenvalue weighted by Crippen LogP contribution is 2.52. The average Bonchev–Trinajstić information content (AvgIpc) is 3.33. The van der Waals surface area contributed by atoms with Crippen LogP contribution in [0, 0.1) is 11.8 Å². The zero-order valence-corrected chi connectivity index (χ0v) is 17.7. The summed E-state index contributed by atoms with van der Waals surface area (Å²) in [5.41, 5.74) is 0.341. The first kappa shape index (κ1) is 22.2. The minimum absolute atomic E-state index is 0.0435. The highest BCUT2D eigenvalue weighted by Gasteiger charge is 2.58. The lowest BCUT2D eigenvalue weighted by Crippen LogP contribution is -2.50. The molecule has 1 aromatic rings. The van der Waals surface area contributed by atoms with Crippen LogP contribution in [0.2, 0.25) is 0 Å². The van der Waals surface area contributed by atoms with Gasteiger partial charge in [0.1, 0.15) is 11.6 Å². The van der Waals surface area contributed by atoms with E-state index in [0.29, 0.717) is 6.42 Å². The molecular formula is C22H33NO5. The molecule has 6 nitrogen and oxygen atoms in total.